The van der Waals surface area contributed by atoms with Crippen molar-refractivity contribution in [2.45, 2.75) is 37.0 Å². The lowest BCUT2D eigenvalue weighted by molar-refractivity contribution is -0.134. The van der Waals surface area contributed by atoms with Crippen molar-refractivity contribution in [2.75, 3.05) is 25.4 Å². The van der Waals surface area contributed by atoms with Crippen molar-refractivity contribution < 1.29 is 14.0 Å². The Morgan fingerprint density at radius 1 is 1.03 bits per heavy atom. The van der Waals surface area contributed by atoms with Gasteiger partial charge in [0.1, 0.15) is 5.82 Å². The highest BCUT2D eigenvalue weighted by atomic mass is 32.2. The topological polar surface area (TPSA) is 40.6 Å². The molecule has 1 unspecified atom stereocenters. The molecule has 30 heavy (non-hydrogen) atoms. The number of hydrogen-bond donors (Lipinski definition) is 0. The van der Waals surface area contributed by atoms with Crippen LogP contribution in [0.3, 0.4) is 0 Å². The highest BCUT2D eigenvalue weighted by Crippen LogP contribution is 2.45. The van der Waals surface area contributed by atoms with Gasteiger partial charge < -0.3 is 9.80 Å². The summed E-state index contributed by atoms with van der Waals surface area (Å²) in [6.07, 6.45) is 2.30. The molecule has 6 heteroatoms. The molecule has 4 nitrogen and oxygen atoms in total. The smallest absolute Gasteiger partial charge is 0.254 e. The third-order valence-electron chi connectivity index (χ3n) is 6.28. The molecule has 2 aliphatic rings. The normalized spacial score (nSPS) is 19.1. The van der Waals surface area contributed by atoms with Gasteiger partial charge in [-0.2, -0.15) is 0 Å². The van der Waals surface area contributed by atoms with E-state index in [1.807, 2.05) is 51.9 Å². The van der Waals surface area contributed by atoms with Crippen LogP contribution < -0.4 is 0 Å². The molecule has 0 saturated carbocycles. The van der Waals surface area contributed by atoms with Crippen LogP contribution >= 0.6 is 11.8 Å². The predicted molar refractivity (Wildman–Crippen MR) is 118 cm³/mol. The first kappa shape index (κ1) is 20.9. The molecule has 2 aliphatic heterocycles. The van der Waals surface area contributed by atoms with Gasteiger partial charge in [0.25, 0.3) is 5.91 Å². The second kappa shape index (κ2) is 8.80. The summed E-state index contributed by atoms with van der Waals surface area (Å²) in [6.45, 7) is 4.05. The average Bonchev–Trinajstić information content (AvgIpc) is 3.18. The molecule has 0 radical (unpaired) electrons. The van der Waals surface area contributed by atoms with Gasteiger partial charge in [-0.1, -0.05) is 37.3 Å². The van der Waals surface area contributed by atoms with E-state index in [4.69, 9.17) is 0 Å². The highest BCUT2D eigenvalue weighted by molar-refractivity contribution is 8.00. The van der Waals surface area contributed by atoms with E-state index in [1.165, 1.54) is 12.1 Å². The second-order valence-corrected chi connectivity index (χ2v) is 9.41. The zero-order chi connectivity index (χ0) is 21.1. The lowest BCUT2D eigenvalue weighted by Gasteiger charge is -2.44. The summed E-state index contributed by atoms with van der Waals surface area (Å²) in [5.41, 5.74) is 1.58. The molecular formula is C24H27FN2O2S. The fraction of sp³-hybridized carbons (Fsp3) is 0.417. The number of carbonyl (C=O) groups is 2. The van der Waals surface area contributed by atoms with Gasteiger partial charge in [0.2, 0.25) is 5.91 Å². The van der Waals surface area contributed by atoms with Crippen LogP contribution in [0.2, 0.25) is 0 Å². The van der Waals surface area contributed by atoms with Gasteiger partial charge >= 0.3 is 0 Å². The quantitative estimate of drug-likeness (QED) is 0.721. The summed E-state index contributed by atoms with van der Waals surface area (Å²) in [5, 5.41) is 0. The molecule has 2 heterocycles. The Balaban J connectivity index is 1.45. The van der Waals surface area contributed by atoms with Gasteiger partial charge in [0.15, 0.2) is 0 Å². The molecule has 158 valence electrons. The van der Waals surface area contributed by atoms with Gasteiger partial charge in [-0.15, -0.1) is 11.8 Å². The van der Waals surface area contributed by atoms with Gasteiger partial charge in [-0.25, -0.2) is 4.39 Å². The van der Waals surface area contributed by atoms with Crippen LogP contribution in [0.4, 0.5) is 4.39 Å². The number of thioether (sulfide) groups is 1. The van der Waals surface area contributed by atoms with Crippen LogP contribution in [-0.4, -0.2) is 51.9 Å². The maximum Gasteiger partial charge on any atom is 0.254 e. The van der Waals surface area contributed by atoms with Crippen molar-refractivity contribution >= 4 is 23.6 Å². The van der Waals surface area contributed by atoms with E-state index in [2.05, 4.69) is 6.92 Å². The first-order valence-electron chi connectivity index (χ1n) is 10.6. The van der Waals surface area contributed by atoms with Crippen molar-refractivity contribution in [3.63, 3.8) is 0 Å². The van der Waals surface area contributed by atoms with E-state index in [0.29, 0.717) is 25.2 Å². The molecule has 1 atom stereocenters. The molecule has 2 fully saturated rings. The van der Waals surface area contributed by atoms with E-state index < -0.39 is 0 Å². The summed E-state index contributed by atoms with van der Waals surface area (Å²) in [6, 6.07) is 15.7. The summed E-state index contributed by atoms with van der Waals surface area (Å²) >= 11 is 1.82. The van der Waals surface area contributed by atoms with E-state index in [-0.39, 0.29) is 28.4 Å². The maximum absolute atomic E-state index is 13.2. The minimum Gasteiger partial charge on any atom is -0.342 e. The minimum absolute atomic E-state index is 0.0458. The monoisotopic (exact) mass is 426 g/mol. The largest absolute Gasteiger partial charge is 0.342 e. The summed E-state index contributed by atoms with van der Waals surface area (Å²) in [5.74, 6) is 0.567. The number of amides is 2. The number of piperidine rings is 1. The zero-order valence-electron chi connectivity index (χ0n) is 17.2. The molecule has 4 rings (SSSR count). The van der Waals surface area contributed by atoms with Crippen LogP contribution in [-0.2, 0) is 4.79 Å². The Morgan fingerprint density at radius 3 is 2.33 bits per heavy atom. The number of halogens is 1. The summed E-state index contributed by atoms with van der Waals surface area (Å²) in [7, 11) is 0. The van der Waals surface area contributed by atoms with Crippen LogP contribution in [0.15, 0.2) is 54.6 Å². The van der Waals surface area contributed by atoms with Crippen molar-refractivity contribution in [2.24, 2.45) is 0 Å². The number of likely N-dealkylation sites (tertiary alicyclic amines) is 1. The molecule has 0 bridgehead atoms. The molecule has 0 aromatic heterocycles. The van der Waals surface area contributed by atoms with Crippen molar-refractivity contribution in [3.8, 4) is 0 Å². The molecular weight excluding hydrogens is 399 g/mol. The molecule has 2 aromatic rings. The lowest BCUT2D eigenvalue weighted by Crippen LogP contribution is -2.54. The molecule has 2 amide bonds. The Kier molecular flexibility index (Phi) is 6.14. The van der Waals surface area contributed by atoms with Crippen LogP contribution in [0.25, 0.3) is 0 Å². The second-order valence-electron chi connectivity index (χ2n) is 7.96. The molecule has 2 saturated heterocycles. The van der Waals surface area contributed by atoms with Gasteiger partial charge in [-0.05, 0) is 49.1 Å². The fourth-order valence-corrected chi connectivity index (χ4v) is 6.05. The van der Waals surface area contributed by atoms with Gasteiger partial charge in [-0.3, -0.25) is 9.59 Å². The number of rotatable bonds is 4. The Bertz CT molecular complexity index is 895. The first-order valence-corrected chi connectivity index (χ1v) is 11.6. The number of hydrogen-bond acceptors (Lipinski definition) is 3. The molecule has 0 aliphatic carbocycles. The van der Waals surface area contributed by atoms with Gasteiger partial charge in [0, 0.05) is 31.0 Å². The SMILES string of the molecule is CCC(C(=O)N1CCC2(CC1)SCCN2C(=O)c1ccc(F)cc1)c1ccccc1. The van der Waals surface area contributed by atoms with E-state index in [9.17, 15) is 14.0 Å². The number of benzene rings is 2. The maximum atomic E-state index is 13.2. The third kappa shape index (κ3) is 3.97. The highest BCUT2D eigenvalue weighted by Gasteiger charge is 2.47. The third-order valence-corrected chi connectivity index (χ3v) is 7.83. The summed E-state index contributed by atoms with van der Waals surface area (Å²) < 4.78 is 13.2. The van der Waals surface area contributed by atoms with E-state index in [1.54, 1.807) is 12.1 Å². The number of nitrogens with zero attached hydrogens (tertiary/aromatic N) is 2. The van der Waals surface area contributed by atoms with Crippen LogP contribution in [0.5, 0.6) is 0 Å². The standard InChI is InChI=1S/C24H27FN2O2S/c1-2-21(18-6-4-3-5-7-18)23(29)26-14-12-24(13-15-26)27(16-17-30-24)22(28)19-8-10-20(25)11-9-19/h3-11,21H,2,12-17H2,1H3. The van der Waals surface area contributed by atoms with Crippen LogP contribution in [0, 0.1) is 5.82 Å². The molecule has 1 spiro atoms. The predicted octanol–water partition coefficient (Wildman–Crippen LogP) is 4.53. The van der Waals surface area contributed by atoms with E-state index in [0.717, 1.165) is 30.6 Å². The summed E-state index contributed by atoms with van der Waals surface area (Å²) in [4.78, 5) is 29.9. The molecule has 0 N–H and O–H groups in total. The zero-order valence-corrected chi connectivity index (χ0v) is 18.0. The Labute approximate surface area is 181 Å². The minimum atomic E-state index is -0.340. The van der Waals surface area contributed by atoms with Crippen molar-refractivity contribution in [3.05, 3.63) is 71.5 Å². The average molecular weight is 427 g/mol. The first-order chi connectivity index (χ1) is 14.5. The van der Waals surface area contributed by atoms with Crippen LogP contribution in [0.1, 0.15) is 48.0 Å². The van der Waals surface area contributed by atoms with Gasteiger partial charge in [0.05, 0.1) is 10.8 Å². The van der Waals surface area contributed by atoms with Crippen molar-refractivity contribution in [1.29, 1.82) is 0 Å². The number of carbonyl (C=O) groups excluding carboxylic acids is 2. The van der Waals surface area contributed by atoms with E-state index >= 15 is 0 Å². The molecule has 2 aromatic carbocycles. The lowest BCUT2D eigenvalue weighted by atomic mass is 9.93. The fourth-order valence-electron chi connectivity index (χ4n) is 4.59. The Morgan fingerprint density at radius 2 is 1.70 bits per heavy atom. The van der Waals surface area contributed by atoms with Crippen molar-refractivity contribution in [1.82, 2.24) is 9.80 Å². The Hall–Kier alpha value is -2.34.